The molecule has 3 heterocycles. The van der Waals surface area contributed by atoms with Gasteiger partial charge in [-0.3, -0.25) is 0 Å². The maximum atomic E-state index is 6.89. The second-order valence-corrected chi connectivity index (χ2v) is 15.6. The third-order valence-corrected chi connectivity index (χ3v) is 12.4. The van der Waals surface area contributed by atoms with E-state index in [0.717, 1.165) is 50.0 Å². The number of furan rings is 1. The van der Waals surface area contributed by atoms with E-state index in [4.69, 9.17) is 14.4 Å². The molecule has 5 heteroatoms. The van der Waals surface area contributed by atoms with E-state index < -0.39 is 0 Å². The van der Waals surface area contributed by atoms with Crippen LogP contribution in [0.4, 0.5) is 0 Å². The highest BCUT2D eigenvalue weighted by Gasteiger charge is 2.26. The monoisotopic (exact) mass is 733 g/mol. The van der Waals surface area contributed by atoms with Crippen LogP contribution >= 0.6 is 11.3 Å². The fourth-order valence-corrected chi connectivity index (χ4v) is 9.93. The van der Waals surface area contributed by atoms with Crippen LogP contribution in [0.3, 0.4) is 0 Å². The minimum absolute atomic E-state index is 0.378. The van der Waals surface area contributed by atoms with Gasteiger partial charge in [-0.2, -0.15) is 0 Å². The minimum atomic E-state index is -0.378. The minimum Gasteiger partial charge on any atom is -0.455 e. The molecule has 1 N–H and O–H groups in total. The Morgan fingerprint density at radius 3 is 2.04 bits per heavy atom. The van der Waals surface area contributed by atoms with Crippen molar-refractivity contribution in [2.75, 3.05) is 0 Å². The Hall–Kier alpha value is -7.08. The van der Waals surface area contributed by atoms with Gasteiger partial charge in [0.05, 0.1) is 0 Å². The van der Waals surface area contributed by atoms with Gasteiger partial charge in [-0.15, -0.1) is 11.3 Å². The number of nitrogens with one attached hydrogen (secondary N) is 1. The molecule has 0 saturated heterocycles. The van der Waals surface area contributed by atoms with Crippen molar-refractivity contribution in [3.8, 4) is 11.1 Å². The van der Waals surface area contributed by atoms with Crippen LogP contribution in [0.2, 0.25) is 0 Å². The summed E-state index contributed by atoms with van der Waals surface area (Å²) in [5, 5.41) is 15.6. The van der Waals surface area contributed by atoms with Crippen molar-refractivity contribution >= 4 is 97.4 Å². The fourth-order valence-electron chi connectivity index (χ4n) is 8.76. The molecule has 11 aromatic rings. The molecule has 0 aliphatic carbocycles. The zero-order valence-corrected chi connectivity index (χ0v) is 30.8. The van der Waals surface area contributed by atoms with Crippen molar-refractivity contribution in [1.82, 2.24) is 5.32 Å². The van der Waals surface area contributed by atoms with E-state index in [1.165, 1.54) is 58.1 Å². The van der Waals surface area contributed by atoms with Gasteiger partial charge in [-0.05, 0) is 68.2 Å². The van der Waals surface area contributed by atoms with Crippen molar-refractivity contribution in [3.63, 3.8) is 0 Å². The zero-order chi connectivity index (χ0) is 36.7. The lowest BCUT2D eigenvalue weighted by molar-refractivity contribution is 0.669. The number of hydrogen-bond acceptors (Lipinski definition) is 5. The molecule has 56 heavy (non-hydrogen) atoms. The molecule has 1 atom stereocenters. The van der Waals surface area contributed by atoms with Crippen LogP contribution in [0, 0.1) is 0 Å². The van der Waals surface area contributed by atoms with Crippen molar-refractivity contribution in [3.05, 3.63) is 193 Å². The van der Waals surface area contributed by atoms with Gasteiger partial charge in [-0.25, -0.2) is 9.98 Å². The Morgan fingerprint density at radius 1 is 0.482 bits per heavy atom. The number of benzene rings is 9. The summed E-state index contributed by atoms with van der Waals surface area (Å²) < 4.78 is 9.44. The summed E-state index contributed by atoms with van der Waals surface area (Å²) in [6, 6.07) is 62.5. The zero-order valence-electron chi connectivity index (χ0n) is 30.0. The molecule has 0 saturated carbocycles. The highest BCUT2D eigenvalue weighted by atomic mass is 32.1. The van der Waals surface area contributed by atoms with Crippen LogP contribution in [0.15, 0.2) is 190 Å². The van der Waals surface area contributed by atoms with Crippen LogP contribution in [0.5, 0.6) is 0 Å². The molecular formula is C51H31N3OS. The van der Waals surface area contributed by atoms with E-state index in [1.54, 1.807) is 0 Å². The van der Waals surface area contributed by atoms with Gasteiger partial charge in [0.2, 0.25) is 0 Å². The van der Waals surface area contributed by atoms with Crippen molar-refractivity contribution in [1.29, 1.82) is 0 Å². The Labute approximate surface area is 325 Å². The largest absolute Gasteiger partial charge is 0.455 e. The molecule has 0 spiro atoms. The summed E-state index contributed by atoms with van der Waals surface area (Å²) in [6.07, 6.45) is -0.378. The number of nitrogens with zero attached hydrogens (tertiary/aromatic N) is 2. The number of para-hydroxylation sites is 1. The summed E-state index contributed by atoms with van der Waals surface area (Å²) >= 11 is 1.85. The van der Waals surface area contributed by atoms with Crippen LogP contribution in [0.1, 0.15) is 22.9 Å². The van der Waals surface area contributed by atoms with Crippen LogP contribution in [-0.2, 0) is 0 Å². The van der Waals surface area contributed by atoms with E-state index in [9.17, 15) is 0 Å². The van der Waals surface area contributed by atoms with Gasteiger partial charge in [-0.1, -0.05) is 146 Å². The molecule has 262 valence electrons. The molecular weight excluding hydrogens is 703 g/mol. The van der Waals surface area contributed by atoms with Gasteiger partial charge in [0, 0.05) is 53.2 Å². The molecule has 0 fully saturated rings. The maximum absolute atomic E-state index is 6.89. The highest BCUT2D eigenvalue weighted by Crippen LogP contribution is 2.45. The molecule has 1 aliphatic heterocycles. The first-order valence-corrected chi connectivity index (χ1v) is 19.7. The Kier molecular flexibility index (Phi) is 6.83. The second-order valence-electron chi connectivity index (χ2n) is 14.5. The van der Waals surface area contributed by atoms with E-state index >= 15 is 0 Å². The highest BCUT2D eigenvalue weighted by molar-refractivity contribution is 7.26. The van der Waals surface area contributed by atoms with Crippen LogP contribution < -0.4 is 5.32 Å². The normalized spacial score (nSPS) is 14.6. The number of hydrogen-bond donors (Lipinski definition) is 1. The molecule has 2 aromatic heterocycles. The van der Waals surface area contributed by atoms with Crippen molar-refractivity contribution in [2.24, 2.45) is 9.98 Å². The van der Waals surface area contributed by atoms with Gasteiger partial charge in [0.25, 0.3) is 0 Å². The average molecular weight is 734 g/mol. The van der Waals surface area contributed by atoms with Crippen molar-refractivity contribution in [2.45, 2.75) is 6.17 Å². The fraction of sp³-hybridized carbons (Fsp3) is 0.0196. The van der Waals surface area contributed by atoms with E-state index in [1.807, 2.05) is 17.4 Å². The first kappa shape index (κ1) is 31.3. The summed E-state index contributed by atoms with van der Waals surface area (Å²) in [7, 11) is 0. The van der Waals surface area contributed by atoms with Gasteiger partial charge < -0.3 is 9.73 Å². The van der Waals surface area contributed by atoms with Gasteiger partial charge in [0.15, 0.2) is 5.84 Å². The van der Waals surface area contributed by atoms with Gasteiger partial charge in [0.1, 0.15) is 23.2 Å². The third kappa shape index (κ3) is 4.78. The number of amidine groups is 2. The predicted molar refractivity (Wildman–Crippen MR) is 236 cm³/mol. The Morgan fingerprint density at radius 2 is 1.16 bits per heavy atom. The van der Waals surface area contributed by atoms with Crippen LogP contribution in [0.25, 0.3) is 85.6 Å². The third-order valence-electron chi connectivity index (χ3n) is 11.3. The molecule has 0 amide bonds. The Balaban J connectivity index is 1.08. The smallest absolute Gasteiger partial charge is 0.160 e. The summed E-state index contributed by atoms with van der Waals surface area (Å²) in [6.45, 7) is 0. The number of rotatable bonds is 4. The SMILES string of the molecule is c1ccc(C2=NC(c3cccc4oc5c(-c6cccc7sc8cc9ccccc9cc8c67)cccc5c34)=NC(c3cc4ccccc4c4ccccc34)N2)cc1. The summed E-state index contributed by atoms with van der Waals surface area (Å²) in [5.74, 6) is 1.45. The predicted octanol–water partition coefficient (Wildman–Crippen LogP) is 13.6. The second kappa shape index (κ2) is 12.2. The quantitative estimate of drug-likeness (QED) is 0.183. The van der Waals surface area contributed by atoms with E-state index in [0.29, 0.717) is 5.84 Å². The number of thiophene rings is 1. The summed E-state index contributed by atoms with van der Waals surface area (Å²) in [4.78, 5) is 10.7. The van der Waals surface area contributed by atoms with Crippen LogP contribution in [-0.4, -0.2) is 11.7 Å². The first-order valence-electron chi connectivity index (χ1n) is 18.9. The summed E-state index contributed by atoms with van der Waals surface area (Å²) in [5.41, 5.74) is 6.96. The molecule has 9 aromatic carbocycles. The molecule has 0 bridgehead atoms. The standard InChI is InChI=1S/C51H31N3OS/c1-2-13-30(14-3-1)49-52-50(54-51(53-49)41-28-33-17-6-7-18-34(33)35-19-8-9-20-36(35)41)40-24-11-25-43-46(40)39-23-10-22-38(48(39)55-43)37-21-12-26-44-47(37)42-27-31-15-4-5-16-32(31)29-45(42)56-44/h1-29,51H,(H,52,53,54). The van der Waals surface area contributed by atoms with E-state index in [2.05, 4.69) is 175 Å². The average Bonchev–Trinajstić information content (AvgIpc) is 3.83. The Bertz CT molecular complexity index is 3460. The molecule has 4 nitrogen and oxygen atoms in total. The topological polar surface area (TPSA) is 49.9 Å². The lowest BCUT2D eigenvalue weighted by Crippen LogP contribution is -2.33. The number of aliphatic imine (C=N–C) groups is 2. The lowest BCUT2D eigenvalue weighted by atomic mass is 9.95. The molecule has 1 aliphatic rings. The lowest BCUT2D eigenvalue weighted by Gasteiger charge is -2.25. The van der Waals surface area contributed by atoms with E-state index in [-0.39, 0.29) is 6.17 Å². The van der Waals surface area contributed by atoms with Crippen molar-refractivity contribution < 1.29 is 4.42 Å². The molecule has 0 radical (unpaired) electrons. The first-order chi connectivity index (χ1) is 27.7. The maximum Gasteiger partial charge on any atom is 0.160 e. The van der Waals surface area contributed by atoms with Gasteiger partial charge >= 0.3 is 0 Å². The molecule has 12 rings (SSSR count). The number of fused-ring (bicyclic) bond motifs is 10. The molecule has 1 unspecified atom stereocenters.